The normalized spacial score (nSPS) is 24.9. The molecule has 0 unspecified atom stereocenters. The highest BCUT2D eigenvalue weighted by Crippen LogP contribution is 2.43. The molecule has 0 bridgehead atoms. The molecule has 4 rings (SSSR count). The SMILES string of the molecule is CCCNc1ncc2c(C3CCC(C(=O)OCC)CC3)cn(C3CCC(O[Si](C)(C)C(C)(C)C)CC3)c2n1. The summed E-state index contributed by atoms with van der Waals surface area (Å²) in [6.45, 7) is 17.1. The van der Waals surface area contributed by atoms with Crippen molar-refractivity contribution in [3.05, 3.63) is 18.0 Å². The van der Waals surface area contributed by atoms with Crippen molar-refractivity contribution in [1.29, 1.82) is 0 Å². The minimum atomic E-state index is -1.76. The molecule has 0 aliphatic heterocycles. The molecular formula is C30H50N4O3Si. The molecule has 7 nitrogen and oxygen atoms in total. The molecule has 0 amide bonds. The third-order valence-corrected chi connectivity index (χ3v) is 13.8. The van der Waals surface area contributed by atoms with Crippen LogP contribution in [0.15, 0.2) is 12.4 Å². The maximum atomic E-state index is 12.3. The van der Waals surface area contributed by atoms with E-state index in [0.717, 1.165) is 70.0 Å². The number of hydrogen-bond acceptors (Lipinski definition) is 6. The number of carbonyl (C=O) groups excluding carboxylic acids is 1. The van der Waals surface area contributed by atoms with Gasteiger partial charge in [-0.25, -0.2) is 4.98 Å². The van der Waals surface area contributed by atoms with E-state index in [2.05, 4.69) is 61.9 Å². The van der Waals surface area contributed by atoms with Crippen LogP contribution < -0.4 is 5.32 Å². The van der Waals surface area contributed by atoms with Crippen molar-refractivity contribution in [1.82, 2.24) is 14.5 Å². The summed E-state index contributed by atoms with van der Waals surface area (Å²) in [5, 5.41) is 4.79. The maximum Gasteiger partial charge on any atom is 0.308 e. The van der Waals surface area contributed by atoms with Crippen molar-refractivity contribution < 1.29 is 14.0 Å². The molecule has 2 aromatic heterocycles. The van der Waals surface area contributed by atoms with Crippen molar-refractivity contribution in [2.24, 2.45) is 5.92 Å². The number of rotatable bonds is 9. The van der Waals surface area contributed by atoms with E-state index in [1.807, 2.05) is 13.1 Å². The molecule has 2 aliphatic carbocycles. The van der Waals surface area contributed by atoms with E-state index in [9.17, 15) is 4.79 Å². The molecular weight excluding hydrogens is 492 g/mol. The molecule has 0 spiro atoms. The van der Waals surface area contributed by atoms with Crippen LogP contribution in [0.2, 0.25) is 18.1 Å². The second-order valence-corrected chi connectivity index (χ2v) is 17.7. The van der Waals surface area contributed by atoms with Crippen LogP contribution in [0.3, 0.4) is 0 Å². The van der Waals surface area contributed by atoms with Gasteiger partial charge in [0.25, 0.3) is 0 Å². The summed E-state index contributed by atoms with van der Waals surface area (Å²) < 4.78 is 14.5. The fourth-order valence-corrected chi connectivity index (χ4v) is 7.34. The summed E-state index contributed by atoms with van der Waals surface area (Å²) >= 11 is 0. The lowest BCUT2D eigenvalue weighted by Gasteiger charge is -2.41. The lowest BCUT2D eigenvalue weighted by Crippen LogP contribution is -2.44. The third-order valence-electron chi connectivity index (χ3n) is 9.23. The van der Waals surface area contributed by atoms with E-state index in [-0.39, 0.29) is 16.9 Å². The molecule has 0 atom stereocenters. The quantitative estimate of drug-likeness (QED) is 0.260. The molecule has 0 radical (unpaired) electrons. The second kappa shape index (κ2) is 12.1. The van der Waals surface area contributed by atoms with Crippen LogP contribution in [-0.2, 0) is 14.0 Å². The molecule has 2 fully saturated rings. The van der Waals surface area contributed by atoms with E-state index < -0.39 is 8.32 Å². The van der Waals surface area contributed by atoms with E-state index in [1.165, 1.54) is 10.9 Å². The van der Waals surface area contributed by atoms with Gasteiger partial charge in [0.05, 0.1) is 12.5 Å². The number of hydrogen-bond donors (Lipinski definition) is 1. The second-order valence-electron chi connectivity index (χ2n) is 13.0. The lowest BCUT2D eigenvalue weighted by molar-refractivity contribution is -0.149. The maximum absolute atomic E-state index is 12.3. The van der Waals surface area contributed by atoms with Gasteiger partial charge in [-0.2, -0.15) is 4.98 Å². The molecule has 2 heterocycles. The molecule has 8 heteroatoms. The number of esters is 1. The number of fused-ring (bicyclic) bond motifs is 1. The Morgan fingerprint density at radius 1 is 1.08 bits per heavy atom. The highest BCUT2D eigenvalue weighted by Gasteiger charge is 2.40. The van der Waals surface area contributed by atoms with Crippen LogP contribution in [-0.4, -0.2) is 48.1 Å². The topological polar surface area (TPSA) is 78.3 Å². The number of ether oxygens (including phenoxy) is 1. The van der Waals surface area contributed by atoms with Gasteiger partial charge in [-0.05, 0) is 94.3 Å². The molecule has 0 saturated heterocycles. The average molecular weight is 543 g/mol. The molecule has 2 aromatic rings. The smallest absolute Gasteiger partial charge is 0.308 e. The number of nitrogens with one attached hydrogen (secondary N) is 1. The van der Waals surface area contributed by atoms with E-state index in [1.54, 1.807) is 0 Å². The van der Waals surface area contributed by atoms with Crippen molar-refractivity contribution >= 4 is 31.3 Å². The van der Waals surface area contributed by atoms with Crippen LogP contribution in [0.1, 0.15) is 110 Å². The summed E-state index contributed by atoms with van der Waals surface area (Å²) in [6.07, 6.45) is 14.0. The minimum Gasteiger partial charge on any atom is -0.466 e. The first-order valence-electron chi connectivity index (χ1n) is 15.0. The zero-order valence-corrected chi connectivity index (χ0v) is 25.8. The molecule has 212 valence electrons. The fourth-order valence-electron chi connectivity index (χ4n) is 5.91. The van der Waals surface area contributed by atoms with E-state index in [4.69, 9.17) is 14.1 Å². The van der Waals surface area contributed by atoms with Crippen LogP contribution in [0.5, 0.6) is 0 Å². The van der Waals surface area contributed by atoms with Gasteiger partial charge in [-0.1, -0.05) is 27.7 Å². The summed E-state index contributed by atoms with van der Waals surface area (Å²) in [4.78, 5) is 22.0. The van der Waals surface area contributed by atoms with Gasteiger partial charge in [0.1, 0.15) is 5.65 Å². The monoisotopic (exact) mass is 542 g/mol. The highest BCUT2D eigenvalue weighted by atomic mass is 28.4. The van der Waals surface area contributed by atoms with Gasteiger partial charge < -0.3 is 19.0 Å². The van der Waals surface area contributed by atoms with Gasteiger partial charge in [-0.15, -0.1) is 0 Å². The lowest BCUT2D eigenvalue weighted by atomic mass is 9.79. The van der Waals surface area contributed by atoms with Crippen LogP contribution in [0.4, 0.5) is 5.95 Å². The van der Waals surface area contributed by atoms with Crippen LogP contribution >= 0.6 is 0 Å². The first kappa shape index (κ1) is 29.1. The van der Waals surface area contributed by atoms with E-state index >= 15 is 0 Å². The Balaban J connectivity index is 1.54. The van der Waals surface area contributed by atoms with Gasteiger partial charge in [0.15, 0.2) is 8.32 Å². The first-order valence-corrected chi connectivity index (χ1v) is 17.9. The molecule has 1 N–H and O–H groups in total. The van der Waals surface area contributed by atoms with Crippen molar-refractivity contribution in [3.63, 3.8) is 0 Å². The first-order chi connectivity index (χ1) is 18.0. The molecule has 38 heavy (non-hydrogen) atoms. The Hall–Kier alpha value is -1.93. The Kier molecular flexibility index (Phi) is 9.23. The van der Waals surface area contributed by atoms with Crippen molar-refractivity contribution in [2.45, 2.75) is 129 Å². The van der Waals surface area contributed by atoms with Crippen LogP contribution in [0, 0.1) is 5.92 Å². The summed E-state index contributed by atoms with van der Waals surface area (Å²) in [5.41, 5.74) is 2.40. The Morgan fingerprint density at radius 2 is 1.76 bits per heavy atom. The largest absolute Gasteiger partial charge is 0.466 e. The Labute approximate surface area is 230 Å². The molecule has 2 aliphatic rings. The number of carbonyl (C=O) groups is 1. The fraction of sp³-hybridized carbons (Fsp3) is 0.767. The Morgan fingerprint density at radius 3 is 2.37 bits per heavy atom. The predicted octanol–water partition coefficient (Wildman–Crippen LogP) is 7.60. The zero-order chi connectivity index (χ0) is 27.5. The van der Waals surface area contributed by atoms with Gasteiger partial charge in [0.2, 0.25) is 5.95 Å². The standard InChI is InChI=1S/C30H50N4O3Si/c1-8-18-31-29-32-19-25-26(21-10-12-22(13-11-21)28(35)36-9-2)20-34(27(25)33-29)23-14-16-24(17-15-23)37-38(6,7)30(3,4)5/h19-24H,8-18H2,1-7H3,(H,31,32,33). The summed E-state index contributed by atoms with van der Waals surface area (Å²) in [5.74, 6) is 1.16. The highest BCUT2D eigenvalue weighted by molar-refractivity contribution is 6.74. The molecule has 2 saturated carbocycles. The summed E-state index contributed by atoms with van der Waals surface area (Å²) in [6, 6.07) is 0.426. The van der Waals surface area contributed by atoms with Crippen molar-refractivity contribution in [2.75, 3.05) is 18.5 Å². The summed E-state index contributed by atoms with van der Waals surface area (Å²) in [7, 11) is -1.76. The van der Waals surface area contributed by atoms with Gasteiger partial charge in [-0.3, -0.25) is 4.79 Å². The zero-order valence-electron chi connectivity index (χ0n) is 24.8. The number of anilines is 1. The predicted molar refractivity (Wildman–Crippen MR) is 157 cm³/mol. The van der Waals surface area contributed by atoms with Crippen molar-refractivity contribution in [3.8, 4) is 0 Å². The number of nitrogens with zero attached hydrogens (tertiary/aromatic N) is 3. The Bertz CT molecular complexity index is 1080. The van der Waals surface area contributed by atoms with E-state index in [0.29, 0.717) is 30.6 Å². The third kappa shape index (κ3) is 6.44. The van der Waals surface area contributed by atoms with Crippen LogP contribution in [0.25, 0.3) is 11.0 Å². The van der Waals surface area contributed by atoms with Gasteiger partial charge in [0, 0.05) is 36.5 Å². The van der Waals surface area contributed by atoms with Gasteiger partial charge >= 0.3 is 5.97 Å². The number of aromatic nitrogens is 3. The average Bonchev–Trinajstić information content (AvgIpc) is 3.26. The molecule has 0 aromatic carbocycles. The minimum absolute atomic E-state index is 0.0278.